The van der Waals surface area contributed by atoms with Gasteiger partial charge in [0.15, 0.2) is 0 Å². The van der Waals surface area contributed by atoms with Crippen LogP contribution < -0.4 is 5.32 Å². The van der Waals surface area contributed by atoms with E-state index in [2.05, 4.69) is 33.0 Å². The number of carboxylic acids is 1. The van der Waals surface area contributed by atoms with Crippen LogP contribution >= 0.6 is 11.6 Å². The topological polar surface area (TPSA) is 66.4 Å². The molecule has 0 aromatic carbocycles. The number of halogens is 1. The third kappa shape index (κ3) is 4.97. The number of carboxylic acid groups (broad SMARTS) is 1. The van der Waals surface area contributed by atoms with Crippen LogP contribution in [0.15, 0.2) is 0 Å². The summed E-state index contributed by atoms with van der Waals surface area (Å²) < 4.78 is 0. The number of aliphatic carboxylic acids is 1. The molecule has 1 fully saturated rings. The molecule has 0 aliphatic heterocycles. The third-order valence-corrected chi connectivity index (χ3v) is 4.18. The molecule has 0 radical (unpaired) electrons. The first kappa shape index (κ1) is 17.3. The average Bonchev–Trinajstić information content (AvgIpc) is 2.21. The second-order valence-electron chi connectivity index (χ2n) is 7.71. The molecule has 0 bridgehead atoms. The number of amides is 1. The first-order valence-corrected chi connectivity index (χ1v) is 7.62. The van der Waals surface area contributed by atoms with Crippen molar-refractivity contribution in [2.45, 2.75) is 65.3 Å². The average molecular weight is 304 g/mol. The Hall–Kier alpha value is -0.770. The summed E-state index contributed by atoms with van der Waals surface area (Å²) in [4.78, 5) is 22.7. The number of carbonyl (C=O) groups is 2. The Morgan fingerprint density at radius 3 is 2.00 bits per heavy atom. The Kier molecular flexibility index (Phi) is 5.12. The summed E-state index contributed by atoms with van der Waals surface area (Å²) in [7, 11) is 0. The Bertz CT molecular complexity index is 375. The van der Waals surface area contributed by atoms with Gasteiger partial charge >= 0.3 is 5.97 Å². The molecule has 0 spiro atoms. The summed E-state index contributed by atoms with van der Waals surface area (Å²) in [6, 6.07) is 0. The van der Waals surface area contributed by atoms with Gasteiger partial charge in [0.25, 0.3) is 0 Å². The van der Waals surface area contributed by atoms with Gasteiger partial charge in [-0.2, -0.15) is 0 Å². The Balaban J connectivity index is 3.01. The second kappa shape index (κ2) is 5.92. The highest BCUT2D eigenvalue weighted by molar-refractivity contribution is 6.27. The molecular weight excluding hydrogens is 278 g/mol. The van der Waals surface area contributed by atoms with Crippen LogP contribution in [0.2, 0.25) is 0 Å². The normalized spacial score (nSPS) is 23.1. The van der Waals surface area contributed by atoms with Gasteiger partial charge < -0.3 is 10.4 Å². The van der Waals surface area contributed by atoms with Gasteiger partial charge in [-0.25, -0.2) is 0 Å². The summed E-state index contributed by atoms with van der Waals surface area (Å²) in [5.41, 5.74) is -0.324. The van der Waals surface area contributed by atoms with E-state index in [1.165, 1.54) is 0 Å². The van der Waals surface area contributed by atoms with Crippen molar-refractivity contribution in [1.29, 1.82) is 0 Å². The van der Waals surface area contributed by atoms with Crippen molar-refractivity contribution in [3.63, 3.8) is 0 Å². The monoisotopic (exact) mass is 303 g/mol. The molecule has 20 heavy (non-hydrogen) atoms. The van der Waals surface area contributed by atoms with Crippen molar-refractivity contribution in [2.24, 2.45) is 10.8 Å². The molecule has 1 aliphatic rings. The molecule has 0 aromatic rings. The molecule has 4 nitrogen and oxygen atoms in total. The minimum atomic E-state index is -0.828. The highest BCUT2D eigenvalue weighted by atomic mass is 35.5. The van der Waals surface area contributed by atoms with Crippen LogP contribution in [-0.4, -0.2) is 28.4 Å². The van der Waals surface area contributed by atoms with E-state index >= 15 is 0 Å². The molecule has 0 heterocycles. The smallest absolute Gasteiger partial charge is 0.303 e. The second-order valence-corrected chi connectivity index (χ2v) is 7.98. The van der Waals surface area contributed by atoms with E-state index in [0.29, 0.717) is 6.42 Å². The van der Waals surface area contributed by atoms with Crippen LogP contribution in [0, 0.1) is 10.8 Å². The molecule has 5 heteroatoms. The van der Waals surface area contributed by atoms with Crippen LogP contribution in [0.4, 0.5) is 0 Å². The lowest BCUT2D eigenvalue weighted by Gasteiger charge is -2.52. The predicted molar refractivity (Wildman–Crippen MR) is 79.9 cm³/mol. The van der Waals surface area contributed by atoms with E-state index in [-0.39, 0.29) is 29.0 Å². The fourth-order valence-electron chi connectivity index (χ4n) is 4.32. The number of carbonyl (C=O) groups excluding carboxylic acids is 1. The number of alkyl halides is 1. The van der Waals surface area contributed by atoms with Crippen LogP contribution in [0.5, 0.6) is 0 Å². The van der Waals surface area contributed by atoms with Gasteiger partial charge in [0.1, 0.15) is 5.88 Å². The van der Waals surface area contributed by atoms with Crippen molar-refractivity contribution < 1.29 is 14.7 Å². The van der Waals surface area contributed by atoms with Crippen LogP contribution in [0.1, 0.15) is 59.8 Å². The first-order chi connectivity index (χ1) is 8.99. The molecule has 0 saturated heterocycles. The van der Waals surface area contributed by atoms with E-state index < -0.39 is 11.5 Å². The maximum absolute atomic E-state index is 11.8. The van der Waals surface area contributed by atoms with Gasteiger partial charge in [-0.3, -0.25) is 9.59 Å². The Labute approximate surface area is 126 Å². The summed E-state index contributed by atoms with van der Waals surface area (Å²) in [6.07, 6.45) is 3.16. The van der Waals surface area contributed by atoms with E-state index in [1.54, 1.807) is 0 Å². The van der Waals surface area contributed by atoms with E-state index in [0.717, 1.165) is 19.3 Å². The SMILES string of the molecule is CC1(C)CC(C)(C)CC(CCC(=O)O)(NC(=O)CCl)C1. The molecule has 1 rings (SSSR count). The number of hydrogen-bond acceptors (Lipinski definition) is 2. The number of rotatable bonds is 5. The fourth-order valence-corrected chi connectivity index (χ4v) is 4.38. The van der Waals surface area contributed by atoms with E-state index in [9.17, 15) is 9.59 Å². The third-order valence-electron chi connectivity index (χ3n) is 3.93. The summed E-state index contributed by atoms with van der Waals surface area (Å²) in [6.45, 7) is 8.71. The lowest BCUT2D eigenvalue weighted by Crippen LogP contribution is -2.57. The van der Waals surface area contributed by atoms with Gasteiger partial charge in [-0.15, -0.1) is 11.6 Å². The zero-order valence-corrected chi connectivity index (χ0v) is 13.6. The van der Waals surface area contributed by atoms with Crippen LogP contribution in [0.3, 0.4) is 0 Å². The molecule has 2 N–H and O–H groups in total. The zero-order chi connectivity index (χ0) is 15.6. The molecular formula is C15H26ClNO3. The van der Waals surface area contributed by atoms with Crippen molar-refractivity contribution in [3.8, 4) is 0 Å². The molecule has 1 amide bonds. The van der Waals surface area contributed by atoms with Crippen LogP contribution in [0.25, 0.3) is 0 Å². The molecule has 1 aliphatic carbocycles. The fraction of sp³-hybridized carbons (Fsp3) is 0.867. The van der Waals surface area contributed by atoms with Gasteiger partial charge in [0.2, 0.25) is 5.91 Å². The summed E-state index contributed by atoms with van der Waals surface area (Å²) >= 11 is 5.61. The van der Waals surface area contributed by atoms with E-state index in [1.807, 2.05) is 0 Å². The molecule has 1 saturated carbocycles. The standard InChI is InChI=1S/C15H26ClNO3/c1-13(2)8-14(3,4)10-15(9-13,6-5-12(19)20)17-11(18)7-16/h5-10H2,1-4H3,(H,17,18)(H,19,20). The lowest BCUT2D eigenvalue weighted by atomic mass is 9.57. The van der Waals surface area contributed by atoms with Crippen molar-refractivity contribution in [1.82, 2.24) is 5.32 Å². The number of hydrogen-bond donors (Lipinski definition) is 2. The maximum atomic E-state index is 11.8. The minimum absolute atomic E-state index is 0.0642. The Morgan fingerprint density at radius 2 is 1.60 bits per heavy atom. The number of nitrogens with one attached hydrogen (secondary N) is 1. The van der Waals surface area contributed by atoms with Gasteiger partial charge in [0.05, 0.1) is 0 Å². The van der Waals surface area contributed by atoms with Gasteiger partial charge in [0, 0.05) is 12.0 Å². The van der Waals surface area contributed by atoms with Crippen molar-refractivity contribution in [2.75, 3.05) is 5.88 Å². The van der Waals surface area contributed by atoms with Gasteiger partial charge in [-0.05, 0) is 36.5 Å². The maximum Gasteiger partial charge on any atom is 0.303 e. The minimum Gasteiger partial charge on any atom is -0.481 e. The lowest BCUT2D eigenvalue weighted by molar-refractivity contribution is -0.138. The molecule has 0 aromatic heterocycles. The quantitative estimate of drug-likeness (QED) is 0.767. The molecule has 116 valence electrons. The molecule has 0 atom stereocenters. The molecule has 0 unspecified atom stereocenters. The predicted octanol–water partition coefficient (Wildman–Crippen LogP) is 3.18. The highest BCUT2D eigenvalue weighted by Gasteiger charge is 2.47. The van der Waals surface area contributed by atoms with Crippen molar-refractivity contribution >= 4 is 23.5 Å². The highest BCUT2D eigenvalue weighted by Crippen LogP contribution is 2.51. The Morgan fingerprint density at radius 1 is 1.10 bits per heavy atom. The summed E-state index contributed by atoms with van der Waals surface area (Å²) in [5.74, 6) is -1.13. The van der Waals surface area contributed by atoms with Crippen molar-refractivity contribution in [3.05, 3.63) is 0 Å². The zero-order valence-electron chi connectivity index (χ0n) is 12.9. The van der Waals surface area contributed by atoms with E-state index in [4.69, 9.17) is 16.7 Å². The summed E-state index contributed by atoms with van der Waals surface area (Å²) in [5, 5.41) is 12.0. The van der Waals surface area contributed by atoms with Gasteiger partial charge in [-0.1, -0.05) is 27.7 Å². The van der Waals surface area contributed by atoms with Crippen LogP contribution in [-0.2, 0) is 9.59 Å². The largest absolute Gasteiger partial charge is 0.481 e. The first-order valence-electron chi connectivity index (χ1n) is 7.08.